The number of nitrogens with one attached hydrogen (secondary N) is 1. The van der Waals surface area contributed by atoms with Crippen LogP contribution in [-0.4, -0.2) is 11.0 Å². The summed E-state index contributed by atoms with van der Waals surface area (Å²) in [6.45, 7) is 3.60. The molecule has 0 fully saturated rings. The lowest BCUT2D eigenvalue weighted by Gasteiger charge is -2.11. The fourth-order valence-corrected chi connectivity index (χ4v) is 2.38. The highest BCUT2D eigenvalue weighted by atomic mass is 79.9. The van der Waals surface area contributed by atoms with E-state index in [1.807, 2.05) is 6.92 Å². The van der Waals surface area contributed by atoms with E-state index in [2.05, 4.69) is 21.2 Å². The Bertz CT molecular complexity index is 664. The molecule has 104 valence electrons. The minimum Gasteiger partial charge on any atom is -0.508 e. The zero-order chi connectivity index (χ0) is 14.9. The number of benzene rings is 2. The first-order valence-corrected chi connectivity index (χ1v) is 6.84. The van der Waals surface area contributed by atoms with Crippen LogP contribution in [-0.2, 0) is 0 Å². The SMILES string of the molecule is Cc1cc(NC(=O)c2cc(N)cc(Br)c2)c(C)cc1O. The third-order valence-corrected chi connectivity index (χ3v) is 3.43. The van der Waals surface area contributed by atoms with Gasteiger partial charge in [0.15, 0.2) is 0 Å². The van der Waals surface area contributed by atoms with Crippen LogP contribution in [0, 0.1) is 13.8 Å². The second-order valence-corrected chi connectivity index (χ2v) is 5.60. The van der Waals surface area contributed by atoms with Gasteiger partial charge in [0, 0.05) is 21.4 Å². The first-order valence-electron chi connectivity index (χ1n) is 6.04. The minimum atomic E-state index is -0.244. The monoisotopic (exact) mass is 334 g/mol. The van der Waals surface area contributed by atoms with Crippen molar-refractivity contribution in [2.45, 2.75) is 13.8 Å². The molecule has 0 atom stereocenters. The molecule has 0 aliphatic rings. The number of amides is 1. The summed E-state index contributed by atoms with van der Waals surface area (Å²) in [6.07, 6.45) is 0. The lowest BCUT2D eigenvalue weighted by Crippen LogP contribution is -2.13. The number of aromatic hydroxyl groups is 1. The number of carbonyl (C=O) groups excluding carboxylic acids is 1. The van der Waals surface area contributed by atoms with E-state index >= 15 is 0 Å². The van der Waals surface area contributed by atoms with Crippen LogP contribution in [0.15, 0.2) is 34.8 Å². The number of phenols is 1. The number of aryl methyl sites for hydroxylation is 2. The Morgan fingerprint density at radius 2 is 1.85 bits per heavy atom. The Balaban J connectivity index is 2.30. The van der Waals surface area contributed by atoms with Crippen LogP contribution < -0.4 is 11.1 Å². The molecule has 0 saturated carbocycles. The zero-order valence-electron chi connectivity index (χ0n) is 11.2. The van der Waals surface area contributed by atoms with Gasteiger partial charge in [-0.2, -0.15) is 0 Å². The van der Waals surface area contributed by atoms with Gasteiger partial charge in [-0.25, -0.2) is 0 Å². The Hall–Kier alpha value is -2.01. The van der Waals surface area contributed by atoms with Crippen molar-refractivity contribution in [2.75, 3.05) is 11.1 Å². The lowest BCUT2D eigenvalue weighted by atomic mass is 10.1. The zero-order valence-corrected chi connectivity index (χ0v) is 12.8. The van der Waals surface area contributed by atoms with Gasteiger partial charge >= 0.3 is 0 Å². The first kappa shape index (κ1) is 14.4. The number of hydrogen-bond donors (Lipinski definition) is 3. The number of anilines is 2. The minimum absolute atomic E-state index is 0.215. The molecule has 2 aromatic carbocycles. The molecule has 5 heteroatoms. The fraction of sp³-hybridized carbons (Fsp3) is 0.133. The van der Waals surface area contributed by atoms with E-state index in [9.17, 15) is 9.90 Å². The van der Waals surface area contributed by atoms with Gasteiger partial charge in [-0.05, 0) is 55.3 Å². The van der Waals surface area contributed by atoms with Gasteiger partial charge in [0.25, 0.3) is 5.91 Å². The van der Waals surface area contributed by atoms with Crippen molar-refractivity contribution in [3.8, 4) is 5.75 Å². The van der Waals surface area contributed by atoms with Gasteiger partial charge in [-0.3, -0.25) is 4.79 Å². The largest absolute Gasteiger partial charge is 0.508 e. The van der Waals surface area contributed by atoms with Gasteiger partial charge < -0.3 is 16.2 Å². The van der Waals surface area contributed by atoms with E-state index in [-0.39, 0.29) is 11.7 Å². The van der Waals surface area contributed by atoms with Crippen molar-refractivity contribution < 1.29 is 9.90 Å². The maximum atomic E-state index is 12.2. The van der Waals surface area contributed by atoms with E-state index in [1.54, 1.807) is 37.3 Å². The summed E-state index contributed by atoms with van der Waals surface area (Å²) >= 11 is 3.31. The van der Waals surface area contributed by atoms with Crippen LogP contribution in [0.1, 0.15) is 21.5 Å². The smallest absolute Gasteiger partial charge is 0.255 e. The van der Waals surface area contributed by atoms with Crippen LogP contribution in [0.3, 0.4) is 0 Å². The average Bonchev–Trinajstić information content (AvgIpc) is 2.34. The van der Waals surface area contributed by atoms with Crippen LogP contribution in [0.4, 0.5) is 11.4 Å². The molecule has 0 aliphatic carbocycles. The molecule has 0 spiro atoms. The summed E-state index contributed by atoms with van der Waals surface area (Å²) in [5.74, 6) is -0.0293. The molecule has 0 aromatic heterocycles. The summed E-state index contributed by atoms with van der Waals surface area (Å²) in [5.41, 5.74) is 8.89. The van der Waals surface area contributed by atoms with E-state index < -0.39 is 0 Å². The third-order valence-electron chi connectivity index (χ3n) is 2.97. The second kappa shape index (κ2) is 5.54. The lowest BCUT2D eigenvalue weighted by molar-refractivity contribution is 0.102. The van der Waals surface area contributed by atoms with Crippen molar-refractivity contribution >= 4 is 33.2 Å². The molecule has 0 radical (unpaired) electrons. The molecule has 0 heterocycles. The van der Waals surface area contributed by atoms with E-state index in [4.69, 9.17) is 5.73 Å². The Morgan fingerprint density at radius 1 is 1.15 bits per heavy atom. The molecular weight excluding hydrogens is 320 g/mol. The van der Waals surface area contributed by atoms with Gasteiger partial charge in [0.05, 0.1) is 0 Å². The summed E-state index contributed by atoms with van der Waals surface area (Å²) in [4.78, 5) is 12.2. The molecular formula is C15H15BrN2O2. The van der Waals surface area contributed by atoms with Crippen molar-refractivity contribution in [2.24, 2.45) is 0 Å². The standard InChI is InChI=1S/C15H15BrN2O2/c1-8-4-14(19)9(2)3-13(8)18-15(20)10-5-11(16)7-12(17)6-10/h3-7,19H,17H2,1-2H3,(H,18,20). The van der Waals surface area contributed by atoms with Gasteiger partial charge in [-0.1, -0.05) is 15.9 Å². The molecule has 0 aliphatic heterocycles. The molecule has 20 heavy (non-hydrogen) atoms. The van der Waals surface area contributed by atoms with Crippen LogP contribution in [0.5, 0.6) is 5.75 Å². The quantitative estimate of drug-likeness (QED) is 0.580. The first-order chi connectivity index (χ1) is 9.36. The number of phenolic OH excluding ortho intramolecular Hbond substituents is 1. The highest BCUT2D eigenvalue weighted by Gasteiger charge is 2.10. The third kappa shape index (κ3) is 3.11. The van der Waals surface area contributed by atoms with Crippen LogP contribution >= 0.6 is 15.9 Å². The summed E-state index contributed by atoms with van der Waals surface area (Å²) in [7, 11) is 0. The number of carbonyl (C=O) groups is 1. The maximum Gasteiger partial charge on any atom is 0.255 e. The van der Waals surface area contributed by atoms with E-state index in [0.29, 0.717) is 22.5 Å². The van der Waals surface area contributed by atoms with Crippen molar-refractivity contribution in [3.05, 3.63) is 51.5 Å². The second-order valence-electron chi connectivity index (χ2n) is 4.68. The summed E-state index contributed by atoms with van der Waals surface area (Å²) in [6, 6.07) is 8.41. The van der Waals surface area contributed by atoms with Gasteiger partial charge in [0.1, 0.15) is 5.75 Å². The molecule has 0 saturated heterocycles. The summed E-state index contributed by atoms with van der Waals surface area (Å²) in [5, 5.41) is 12.4. The Morgan fingerprint density at radius 3 is 2.50 bits per heavy atom. The highest BCUT2D eigenvalue weighted by Crippen LogP contribution is 2.26. The maximum absolute atomic E-state index is 12.2. The molecule has 2 rings (SSSR count). The molecule has 4 nitrogen and oxygen atoms in total. The number of nitrogen functional groups attached to an aromatic ring is 1. The average molecular weight is 335 g/mol. The number of rotatable bonds is 2. The van der Waals surface area contributed by atoms with E-state index in [0.717, 1.165) is 10.0 Å². The molecule has 0 bridgehead atoms. The Kier molecular flexibility index (Phi) is 3.99. The molecule has 0 unspecified atom stereocenters. The highest BCUT2D eigenvalue weighted by molar-refractivity contribution is 9.10. The van der Waals surface area contributed by atoms with Crippen molar-refractivity contribution in [1.29, 1.82) is 0 Å². The molecule has 1 amide bonds. The predicted molar refractivity (Wildman–Crippen MR) is 84.1 cm³/mol. The molecule has 4 N–H and O–H groups in total. The fourth-order valence-electron chi connectivity index (χ4n) is 1.87. The molecule has 2 aromatic rings. The van der Waals surface area contributed by atoms with Gasteiger partial charge in [0.2, 0.25) is 0 Å². The summed E-state index contributed by atoms with van der Waals surface area (Å²) < 4.78 is 0.751. The topological polar surface area (TPSA) is 75.4 Å². The predicted octanol–water partition coefficient (Wildman–Crippen LogP) is 3.61. The van der Waals surface area contributed by atoms with Gasteiger partial charge in [-0.15, -0.1) is 0 Å². The number of nitrogens with two attached hydrogens (primary N) is 1. The van der Waals surface area contributed by atoms with Crippen LogP contribution in [0.2, 0.25) is 0 Å². The van der Waals surface area contributed by atoms with Crippen LogP contribution in [0.25, 0.3) is 0 Å². The number of hydrogen-bond acceptors (Lipinski definition) is 3. The number of halogens is 1. The van der Waals surface area contributed by atoms with Crippen molar-refractivity contribution in [3.63, 3.8) is 0 Å². The Labute approximate surface area is 125 Å². The van der Waals surface area contributed by atoms with E-state index in [1.165, 1.54) is 0 Å². The van der Waals surface area contributed by atoms with Crippen molar-refractivity contribution in [1.82, 2.24) is 0 Å². The normalized spacial score (nSPS) is 10.3.